The first-order valence-corrected chi connectivity index (χ1v) is 8.27. The van der Waals surface area contributed by atoms with Gasteiger partial charge in [-0.1, -0.05) is 38.0 Å². The van der Waals surface area contributed by atoms with Gasteiger partial charge < -0.3 is 15.2 Å². The van der Waals surface area contributed by atoms with Crippen LogP contribution < -0.4 is 5.32 Å². The highest BCUT2D eigenvalue weighted by Crippen LogP contribution is 2.25. The number of hydrogen-bond acceptors (Lipinski definition) is 3. The van der Waals surface area contributed by atoms with Gasteiger partial charge in [-0.25, -0.2) is 4.79 Å². The first-order chi connectivity index (χ1) is 11.1. The predicted octanol–water partition coefficient (Wildman–Crippen LogP) is 2.64. The summed E-state index contributed by atoms with van der Waals surface area (Å²) in [6.45, 7) is 3.17. The molecule has 23 heavy (non-hydrogen) atoms. The second-order valence-electron chi connectivity index (χ2n) is 6.16. The van der Waals surface area contributed by atoms with Crippen molar-refractivity contribution < 1.29 is 19.4 Å². The van der Waals surface area contributed by atoms with Gasteiger partial charge in [0.15, 0.2) is 0 Å². The molecule has 1 aromatic rings. The minimum absolute atomic E-state index is 0.0717. The smallest absolute Gasteiger partial charge is 0.335 e. The van der Waals surface area contributed by atoms with Crippen LogP contribution in [0.4, 0.5) is 0 Å². The van der Waals surface area contributed by atoms with E-state index in [1.54, 1.807) is 18.2 Å². The largest absolute Gasteiger partial charge is 0.478 e. The van der Waals surface area contributed by atoms with Gasteiger partial charge in [-0.3, -0.25) is 4.79 Å². The van der Waals surface area contributed by atoms with Gasteiger partial charge in [0.25, 0.3) is 0 Å². The number of nitrogens with one attached hydrogen (secondary N) is 1. The Hall–Kier alpha value is -1.88. The van der Waals surface area contributed by atoms with E-state index in [-0.39, 0.29) is 17.9 Å². The number of carbonyl (C=O) groups is 2. The Morgan fingerprint density at radius 2 is 2.00 bits per heavy atom. The standard InChI is InChI=1S/C18H25NO4/c1-13-6-2-5-9-16(13)23-11-10-19-17(20)12-14-7-3-4-8-15(14)18(21)22/h3-4,7-8,13,16H,2,5-6,9-12H2,1H3,(H,19,20)(H,21,22). The molecule has 0 aliphatic heterocycles. The maximum absolute atomic E-state index is 11.9. The molecule has 1 aliphatic rings. The topological polar surface area (TPSA) is 75.6 Å². The number of hydrogen-bond donors (Lipinski definition) is 2. The number of benzene rings is 1. The van der Waals surface area contributed by atoms with Crippen molar-refractivity contribution in [1.29, 1.82) is 0 Å². The summed E-state index contributed by atoms with van der Waals surface area (Å²) in [6.07, 6.45) is 5.17. The van der Waals surface area contributed by atoms with Crippen LogP contribution in [0.2, 0.25) is 0 Å². The molecule has 0 bridgehead atoms. The normalized spacial score (nSPS) is 20.9. The second-order valence-corrected chi connectivity index (χ2v) is 6.16. The van der Waals surface area contributed by atoms with Crippen molar-refractivity contribution >= 4 is 11.9 Å². The maximum Gasteiger partial charge on any atom is 0.335 e. The van der Waals surface area contributed by atoms with Gasteiger partial charge in [-0.2, -0.15) is 0 Å². The van der Waals surface area contributed by atoms with Gasteiger partial charge in [0.1, 0.15) is 0 Å². The third-order valence-corrected chi connectivity index (χ3v) is 4.39. The molecule has 1 saturated carbocycles. The fourth-order valence-corrected chi connectivity index (χ4v) is 3.05. The molecule has 0 radical (unpaired) electrons. The quantitative estimate of drug-likeness (QED) is 0.758. The molecule has 0 spiro atoms. The molecule has 1 aliphatic carbocycles. The third kappa shape index (κ3) is 5.36. The molecule has 0 saturated heterocycles. The summed E-state index contributed by atoms with van der Waals surface area (Å²) in [6, 6.07) is 6.58. The van der Waals surface area contributed by atoms with Crippen molar-refractivity contribution in [2.24, 2.45) is 5.92 Å². The van der Waals surface area contributed by atoms with Gasteiger partial charge in [0, 0.05) is 6.54 Å². The zero-order chi connectivity index (χ0) is 16.7. The van der Waals surface area contributed by atoms with E-state index in [1.165, 1.54) is 25.3 Å². The highest BCUT2D eigenvalue weighted by atomic mass is 16.5. The van der Waals surface area contributed by atoms with Crippen molar-refractivity contribution in [1.82, 2.24) is 5.32 Å². The van der Waals surface area contributed by atoms with Gasteiger partial charge >= 0.3 is 5.97 Å². The SMILES string of the molecule is CC1CCCCC1OCCNC(=O)Cc1ccccc1C(=O)O. The number of amides is 1. The molecular formula is C18H25NO4. The summed E-state index contributed by atoms with van der Waals surface area (Å²) < 4.78 is 5.85. The number of carboxylic acids is 1. The lowest BCUT2D eigenvalue weighted by molar-refractivity contribution is -0.120. The van der Waals surface area contributed by atoms with Gasteiger partial charge in [-0.05, 0) is 30.4 Å². The fourth-order valence-electron chi connectivity index (χ4n) is 3.05. The molecule has 2 unspecified atom stereocenters. The molecule has 5 heteroatoms. The summed E-state index contributed by atoms with van der Waals surface area (Å²) in [5.74, 6) is -0.607. The lowest BCUT2D eigenvalue weighted by Crippen LogP contribution is -2.32. The Bertz CT molecular complexity index is 544. The predicted molar refractivity (Wildman–Crippen MR) is 87.5 cm³/mol. The maximum atomic E-state index is 11.9. The van der Waals surface area contributed by atoms with E-state index in [4.69, 9.17) is 9.84 Å². The summed E-state index contributed by atoms with van der Waals surface area (Å²) in [7, 11) is 0. The minimum atomic E-state index is -1.01. The van der Waals surface area contributed by atoms with Crippen LogP contribution in [0.25, 0.3) is 0 Å². The molecule has 126 valence electrons. The Morgan fingerprint density at radius 1 is 1.26 bits per heavy atom. The van der Waals surface area contributed by atoms with E-state index in [9.17, 15) is 9.59 Å². The van der Waals surface area contributed by atoms with Crippen LogP contribution in [0.1, 0.15) is 48.5 Å². The molecular weight excluding hydrogens is 294 g/mol. The molecule has 2 N–H and O–H groups in total. The van der Waals surface area contributed by atoms with E-state index in [2.05, 4.69) is 12.2 Å². The molecule has 2 atom stereocenters. The monoisotopic (exact) mass is 319 g/mol. The number of ether oxygens (including phenoxy) is 1. The minimum Gasteiger partial charge on any atom is -0.478 e. The van der Waals surface area contributed by atoms with Crippen LogP contribution in [0.15, 0.2) is 24.3 Å². The Balaban J connectivity index is 1.72. The molecule has 2 rings (SSSR count). The lowest BCUT2D eigenvalue weighted by atomic mass is 9.88. The van der Waals surface area contributed by atoms with Crippen molar-refractivity contribution in [3.8, 4) is 0 Å². The first-order valence-electron chi connectivity index (χ1n) is 8.27. The molecule has 5 nitrogen and oxygen atoms in total. The van der Waals surface area contributed by atoms with Crippen LogP contribution in [0, 0.1) is 5.92 Å². The number of carboxylic acid groups (broad SMARTS) is 1. The van der Waals surface area contributed by atoms with E-state index < -0.39 is 5.97 Å². The summed E-state index contributed by atoms with van der Waals surface area (Å²) in [4.78, 5) is 23.1. The van der Waals surface area contributed by atoms with Crippen LogP contribution in [0.3, 0.4) is 0 Å². The van der Waals surface area contributed by atoms with Crippen LogP contribution >= 0.6 is 0 Å². The van der Waals surface area contributed by atoms with E-state index in [0.717, 1.165) is 6.42 Å². The molecule has 1 aromatic carbocycles. The molecule has 0 heterocycles. The highest BCUT2D eigenvalue weighted by Gasteiger charge is 2.21. The van der Waals surface area contributed by atoms with E-state index in [0.29, 0.717) is 30.7 Å². The Morgan fingerprint density at radius 3 is 2.74 bits per heavy atom. The van der Waals surface area contributed by atoms with E-state index >= 15 is 0 Å². The van der Waals surface area contributed by atoms with Crippen LogP contribution in [-0.2, 0) is 16.0 Å². The molecule has 1 amide bonds. The van der Waals surface area contributed by atoms with Gasteiger partial charge in [-0.15, -0.1) is 0 Å². The summed E-state index contributed by atoms with van der Waals surface area (Å²) >= 11 is 0. The molecule has 1 fully saturated rings. The van der Waals surface area contributed by atoms with Crippen molar-refractivity contribution in [2.45, 2.75) is 45.1 Å². The van der Waals surface area contributed by atoms with Crippen molar-refractivity contribution in [2.75, 3.05) is 13.2 Å². The zero-order valence-corrected chi connectivity index (χ0v) is 13.6. The molecule has 0 aromatic heterocycles. The number of carbonyl (C=O) groups excluding carboxylic acids is 1. The van der Waals surface area contributed by atoms with Crippen molar-refractivity contribution in [3.63, 3.8) is 0 Å². The van der Waals surface area contributed by atoms with Crippen LogP contribution in [0.5, 0.6) is 0 Å². The highest BCUT2D eigenvalue weighted by molar-refractivity contribution is 5.91. The third-order valence-electron chi connectivity index (χ3n) is 4.39. The average Bonchev–Trinajstić information content (AvgIpc) is 2.53. The second kappa shape index (κ2) is 8.67. The fraction of sp³-hybridized carbons (Fsp3) is 0.556. The van der Waals surface area contributed by atoms with Crippen LogP contribution in [-0.4, -0.2) is 36.2 Å². The zero-order valence-electron chi connectivity index (χ0n) is 13.6. The van der Waals surface area contributed by atoms with Gasteiger partial charge in [0.2, 0.25) is 5.91 Å². The summed E-state index contributed by atoms with van der Waals surface area (Å²) in [5.41, 5.74) is 0.703. The van der Waals surface area contributed by atoms with Gasteiger partial charge in [0.05, 0.1) is 24.7 Å². The van der Waals surface area contributed by atoms with Crippen molar-refractivity contribution in [3.05, 3.63) is 35.4 Å². The Kier molecular flexibility index (Phi) is 6.59. The number of rotatable bonds is 7. The van der Waals surface area contributed by atoms with E-state index in [1.807, 2.05) is 0 Å². The average molecular weight is 319 g/mol. The Labute approximate surface area is 137 Å². The lowest BCUT2D eigenvalue weighted by Gasteiger charge is -2.28. The first kappa shape index (κ1) is 17.5. The summed E-state index contributed by atoms with van der Waals surface area (Å²) in [5, 5.41) is 11.9. The number of aromatic carboxylic acids is 1.